The van der Waals surface area contributed by atoms with Gasteiger partial charge in [-0.15, -0.1) is 0 Å². The van der Waals surface area contributed by atoms with Gasteiger partial charge < -0.3 is 60.5 Å². The summed E-state index contributed by atoms with van der Waals surface area (Å²) in [5, 5.41) is 100. The van der Waals surface area contributed by atoms with Gasteiger partial charge >= 0.3 is 11.9 Å². The second-order valence-corrected chi connectivity index (χ2v) is 7.11. The Balaban J connectivity index is 2.44. The van der Waals surface area contributed by atoms with E-state index in [-0.39, 0.29) is 0 Å². The van der Waals surface area contributed by atoms with Gasteiger partial charge in [-0.2, -0.15) is 0 Å². The van der Waals surface area contributed by atoms with Gasteiger partial charge in [0.25, 0.3) is 0 Å². The molecular weight excluding hydrogens is 376 g/mol. The number of aliphatic hydroxyl groups excluding tert-OH is 6. The van der Waals surface area contributed by atoms with Gasteiger partial charge in [-0.3, -0.25) is 4.74 Å². The molecule has 0 aromatic rings. The molecule has 2 aliphatic rings. The summed E-state index contributed by atoms with van der Waals surface area (Å²) < 4.78 is 14.6. The van der Waals surface area contributed by atoms with Gasteiger partial charge in [-0.05, 0) is 13.8 Å². The number of ether oxygens (including phenoxy) is 3. The Labute approximate surface area is 153 Å². The summed E-state index contributed by atoms with van der Waals surface area (Å²) in [7, 11) is 0. The Morgan fingerprint density at radius 3 is 1.26 bits per heavy atom. The summed E-state index contributed by atoms with van der Waals surface area (Å²) in [5.74, 6) is -6.78. The molecule has 2 aliphatic heterocycles. The lowest BCUT2D eigenvalue weighted by Crippen LogP contribution is -2.79. The highest BCUT2D eigenvalue weighted by molar-refractivity contribution is 5.05. The fraction of sp³-hybridized carbons (Fsp3) is 1.00. The van der Waals surface area contributed by atoms with Crippen molar-refractivity contribution in [3.8, 4) is 0 Å². The maximum Gasteiger partial charge on any atom is 0.318 e. The van der Waals surface area contributed by atoms with Crippen LogP contribution >= 0.6 is 0 Å². The monoisotopic (exact) mass is 402 g/mol. The van der Waals surface area contributed by atoms with E-state index in [9.17, 15) is 51.1 Å². The third-order valence-electron chi connectivity index (χ3n) is 5.10. The second kappa shape index (κ2) is 7.07. The molecule has 160 valence electrons. The maximum atomic E-state index is 10.6. The summed E-state index contributed by atoms with van der Waals surface area (Å²) in [6.45, 7) is -0.388. The van der Waals surface area contributed by atoms with Crippen LogP contribution in [-0.2, 0) is 14.2 Å². The first-order valence-corrected chi connectivity index (χ1v) is 8.07. The highest BCUT2D eigenvalue weighted by atomic mass is 16.9. The second-order valence-electron chi connectivity index (χ2n) is 7.11. The van der Waals surface area contributed by atoms with Crippen LogP contribution in [0.15, 0.2) is 0 Å². The van der Waals surface area contributed by atoms with Crippen LogP contribution in [0.1, 0.15) is 13.8 Å². The van der Waals surface area contributed by atoms with Crippen LogP contribution in [0, 0.1) is 0 Å². The quantitative estimate of drug-likeness (QED) is 0.198. The summed E-state index contributed by atoms with van der Waals surface area (Å²) >= 11 is 0. The topological polar surface area (TPSA) is 230 Å². The average molecular weight is 402 g/mol. The van der Waals surface area contributed by atoms with Crippen molar-refractivity contribution in [2.24, 2.45) is 0 Å². The molecule has 2 fully saturated rings. The average Bonchev–Trinajstić information content (AvgIpc) is 2.59. The minimum Gasteiger partial charge on any atom is -0.394 e. The van der Waals surface area contributed by atoms with Crippen LogP contribution in [0.4, 0.5) is 0 Å². The molecule has 13 nitrogen and oxygen atoms in total. The molecule has 0 aromatic carbocycles. The SMILES string of the molecule is C[C@@]1(O)[C@@H](O)[C@H](O)[C@@H](CO)O[C@]1(O)O[C@@]1(O)O[C@H](CO)[C@@H](O)[C@H](O)[C@@]1(C)O. The van der Waals surface area contributed by atoms with Crippen LogP contribution < -0.4 is 0 Å². The van der Waals surface area contributed by atoms with Gasteiger partial charge in [-0.25, -0.2) is 0 Å². The zero-order valence-electron chi connectivity index (χ0n) is 14.6. The minimum atomic E-state index is -3.39. The third kappa shape index (κ3) is 3.28. The smallest absolute Gasteiger partial charge is 0.318 e. The molecule has 0 aromatic heterocycles. The lowest BCUT2D eigenvalue weighted by molar-refractivity contribution is -0.581. The van der Waals surface area contributed by atoms with Crippen molar-refractivity contribution in [1.82, 2.24) is 0 Å². The molecule has 2 saturated heterocycles. The number of aliphatic hydroxyl groups is 10. The summed E-state index contributed by atoms with van der Waals surface area (Å²) in [5.41, 5.74) is -5.69. The summed E-state index contributed by atoms with van der Waals surface area (Å²) in [6.07, 6.45) is -11.4. The molecule has 10 N–H and O–H groups in total. The Morgan fingerprint density at radius 1 is 0.704 bits per heavy atom. The number of hydrogen-bond donors (Lipinski definition) is 10. The molecule has 2 heterocycles. The number of rotatable bonds is 4. The molecule has 27 heavy (non-hydrogen) atoms. The molecule has 0 unspecified atom stereocenters. The van der Waals surface area contributed by atoms with Gasteiger partial charge in [-0.1, -0.05) is 0 Å². The predicted molar refractivity (Wildman–Crippen MR) is 80.2 cm³/mol. The van der Waals surface area contributed by atoms with Crippen LogP contribution in [0.5, 0.6) is 0 Å². The Bertz CT molecular complexity index is 495. The van der Waals surface area contributed by atoms with Gasteiger partial charge in [0.1, 0.15) is 36.6 Å². The van der Waals surface area contributed by atoms with Crippen molar-refractivity contribution in [2.45, 2.75) is 73.6 Å². The van der Waals surface area contributed by atoms with Crippen molar-refractivity contribution in [3.05, 3.63) is 0 Å². The van der Waals surface area contributed by atoms with Gasteiger partial charge in [0, 0.05) is 0 Å². The first-order chi connectivity index (χ1) is 12.2. The number of hydrogen-bond acceptors (Lipinski definition) is 13. The van der Waals surface area contributed by atoms with E-state index in [4.69, 9.17) is 14.2 Å². The Hall–Kier alpha value is -0.520. The van der Waals surface area contributed by atoms with Gasteiger partial charge in [0.05, 0.1) is 13.2 Å². The molecular formula is C14H26O13. The largest absolute Gasteiger partial charge is 0.394 e. The first-order valence-electron chi connectivity index (χ1n) is 8.07. The van der Waals surface area contributed by atoms with Gasteiger partial charge in [0.2, 0.25) is 0 Å². The maximum absolute atomic E-state index is 10.6. The van der Waals surface area contributed by atoms with E-state index in [1.165, 1.54) is 0 Å². The van der Waals surface area contributed by atoms with Gasteiger partial charge in [0.15, 0.2) is 11.2 Å². The zero-order valence-corrected chi connectivity index (χ0v) is 14.6. The van der Waals surface area contributed by atoms with Crippen molar-refractivity contribution in [1.29, 1.82) is 0 Å². The highest BCUT2D eigenvalue weighted by Crippen LogP contribution is 2.45. The normalized spacial score (nSPS) is 56.9. The van der Waals surface area contributed by atoms with Crippen molar-refractivity contribution in [2.75, 3.05) is 13.2 Å². The van der Waals surface area contributed by atoms with Crippen molar-refractivity contribution < 1.29 is 65.3 Å². The van der Waals surface area contributed by atoms with Crippen molar-refractivity contribution in [3.63, 3.8) is 0 Å². The molecule has 0 spiro atoms. The molecule has 13 heteroatoms. The molecule has 2 rings (SSSR count). The van der Waals surface area contributed by atoms with Crippen LogP contribution in [0.25, 0.3) is 0 Å². The van der Waals surface area contributed by atoms with Crippen LogP contribution in [0.2, 0.25) is 0 Å². The van der Waals surface area contributed by atoms with E-state index in [2.05, 4.69) is 0 Å². The van der Waals surface area contributed by atoms with Crippen LogP contribution in [-0.4, -0.2) is 124 Å². The lowest BCUT2D eigenvalue weighted by atomic mass is 9.84. The van der Waals surface area contributed by atoms with E-state index < -0.39 is 73.0 Å². The van der Waals surface area contributed by atoms with E-state index >= 15 is 0 Å². The molecule has 0 aliphatic carbocycles. The van der Waals surface area contributed by atoms with E-state index in [1.807, 2.05) is 0 Å². The summed E-state index contributed by atoms with van der Waals surface area (Å²) in [6, 6.07) is 0. The molecule has 0 bridgehead atoms. The van der Waals surface area contributed by atoms with Crippen LogP contribution in [0.3, 0.4) is 0 Å². The summed E-state index contributed by atoms with van der Waals surface area (Å²) in [4.78, 5) is 0. The first kappa shape index (κ1) is 22.8. The van der Waals surface area contributed by atoms with Crippen molar-refractivity contribution >= 4 is 0 Å². The predicted octanol–water partition coefficient (Wildman–Crippen LogP) is -5.98. The van der Waals surface area contributed by atoms with E-state index in [0.29, 0.717) is 0 Å². The Kier molecular flexibility index (Phi) is 5.96. The highest BCUT2D eigenvalue weighted by Gasteiger charge is 2.70. The zero-order chi connectivity index (χ0) is 21.0. The Morgan fingerprint density at radius 2 is 1.00 bits per heavy atom. The minimum absolute atomic E-state index is 0.754. The van der Waals surface area contributed by atoms with E-state index in [0.717, 1.165) is 13.8 Å². The third-order valence-corrected chi connectivity index (χ3v) is 5.10. The van der Waals surface area contributed by atoms with E-state index in [1.54, 1.807) is 0 Å². The lowest BCUT2D eigenvalue weighted by Gasteiger charge is -2.56. The fourth-order valence-electron chi connectivity index (χ4n) is 2.97. The molecule has 10 atom stereocenters. The molecule has 0 radical (unpaired) electrons. The molecule has 0 amide bonds. The standard InChI is InChI=1S/C14H26O13/c1-11(21)9(19)7(17)5(3-15)25-13(11,23)27-14(24)12(2,22)10(20)8(18)6(4-16)26-14/h5-10,15-24H,3-4H2,1-2H3/t5-,6-,7-,8-,9+,10+,11-,12-,13+,14+/m1/s1. The fourth-order valence-corrected chi connectivity index (χ4v) is 2.97. The molecule has 0 saturated carbocycles.